The van der Waals surface area contributed by atoms with Crippen LogP contribution < -0.4 is 5.32 Å². The molecule has 1 fully saturated rings. The molecule has 0 aromatic heterocycles. The van der Waals surface area contributed by atoms with E-state index < -0.39 is 0 Å². The van der Waals surface area contributed by atoms with Gasteiger partial charge in [-0.15, -0.1) is 0 Å². The third-order valence-electron chi connectivity index (χ3n) is 4.53. The van der Waals surface area contributed by atoms with Crippen LogP contribution in [0.4, 0.5) is 0 Å². The number of hydrogen-bond donors (Lipinski definition) is 1. The Kier molecular flexibility index (Phi) is 6.78. The third-order valence-corrected chi connectivity index (χ3v) is 4.53. The Labute approximate surface area is 120 Å². The maximum atomic E-state index is 5.48. The zero-order valence-corrected chi connectivity index (χ0v) is 13.9. The molecule has 1 aliphatic rings. The van der Waals surface area contributed by atoms with Crippen molar-refractivity contribution in [3.8, 4) is 0 Å². The van der Waals surface area contributed by atoms with Crippen molar-refractivity contribution < 1.29 is 4.74 Å². The molecule has 0 radical (unpaired) electrons. The average molecular weight is 270 g/mol. The summed E-state index contributed by atoms with van der Waals surface area (Å²) in [6.45, 7) is 17.0. The Hall–Kier alpha value is -0.120. The van der Waals surface area contributed by atoms with Crippen LogP contribution in [0.15, 0.2) is 0 Å². The van der Waals surface area contributed by atoms with Gasteiger partial charge in [-0.2, -0.15) is 0 Å². The van der Waals surface area contributed by atoms with E-state index >= 15 is 0 Å². The minimum atomic E-state index is 0.528. The molecule has 0 saturated carbocycles. The quantitative estimate of drug-likeness (QED) is 0.803. The van der Waals surface area contributed by atoms with Crippen molar-refractivity contribution in [1.29, 1.82) is 0 Å². The molecule has 1 saturated heterocycles. The third kappa shape index (κ3) is 4.44. The van der Waals surface area contributed by atoms with E-state index in [-0.39, 0.29) is 0 Å². The van der Waals surface area contributed by atoms with Gasteiger partial charge in [-0.05, 0) is 17.8 Å². The van der Waals surface area contributed by atoms with Crippen LogP contribution >= 0.6 is 0 Å². The summed E-state index contributed by atoms with van der Waals surface area (Å²) in [6, 6.07) is 1.76. The predicted octanol–water partition coefficient (Wildman–Crippen LogP) is 2.61. The van der Waals surface area contributed by atoms with Crippen molar-refractivity contribution in [2.75, 3.05) is 26.8 Å². The average Bonchev–Trinajstić information content (AvgIpc) is 2.34. The highest BCUT2D eigenvalue weighted by Gasteiger charge is 2.36. The molecule has 0 amide bonds. The zero-order chi connectivity index (χ0) is 14.6. The molecule has 3 atom stereocenters. The molecule has 3 unspecified atom stereocenters. The Morgan fingerprint density at radius 3 is 2.16 bits per heavy atom. The number of hydrogen-bond acceptors (Lipinski definition) is 3. The molecule has 0 bridgehead atoms. The molecule has 1 heterocycles. The summed E-state index contributed by atoms with van der Waals surface area (Å²) < 4.78 is 5.48. The lowest BCUT2D eigenvalue weighted by atomic mass is 9.90. The van der Waals surface area contributed by atoms with Gasteiger partial charge in [-0.1, -0.05) is 41.5 Å². The van der Waals surface area contributed by atoms with Crippen molar-refractivity contribution in [2.45, 2.75) is 59.7 Å². The molecular formula is C16H34N2O. The largest absolute Gasteiger partial charge is 0.383 e. The van der Waals surface area contributed by atoms with E-state index in [1.807, 2.05) is 7.11 Å². The summed E-state index contributed by atoms with van der Waals surface area (Å²) in [7, 11) is 1.82. The van der Waals surface area contributed by atoms with Gasteiger partial charge in [-0.3, -0.25) is 4.90 Å². The highest BCUT2D eigenvalue weighted by molar-refractivity contribution is 4.93. The molecule has 1 rings (SSSR count). The van der Waals surface area contributed by atoms with Gasteiger partial charge in [0.1, 0.15) is 0 Å². The van der Waals surface area contributed by atoms with Crippen molar-refractivity contribution >= 4 is 0 Å². The highest BCUT2D eigenvalue weighted by Crippen LogP contribution is 2.24. The maximum Gasteiger partial charge on any atom is 0.0620 e. The second kappa shape index (κ2) is 7.61. The summed E-state index contributed by atoms with van der Waals surface area (Å²) in [5, 5.41) is 3.73. The number of nitrogens with zero attached hydrogens (tertiary/aromatic N) is 1. The van der Waals surface area contributed by atoms with E-state index in [4.69, 9.17) is 4.74 Å². The van der Waals surface area contributed by atoms with Gasteiger partial charge in [0.25, 0.3) is 0 Å². The van der Waals surface area contributed by atoms with Gasteiger partial charge in [-0.25, -0.2) is 0 Å². The first kappa shape index (κ1) is 16.9. The topological polar surface area (TPSA) is 24.5 Å². The van der Waals surface area contributed by atoms with Gasteiger partial charge in [0.15, 0.2) is 0 Å². The van der Waals surface area contributed by atoms with Crippen LogP contribution in [0, 0.1) is 17.8 Å². The normalized spacial score (nSPS) is 27.5. The lowest BCUT2D eigenvalue weighted by Gasteiger charge is -2.48. The summed E-state index contributed by atoms with van der Waals surface area (Å²) in [5.74, 6) is 2.00. The number of piperazine rings is 1. The fourth-order valence-electron chi connectivity index (χ4n) is 3.10. The van der Waals surface area contributed by atoms with Crippen LogP contribution in [0.3, 0.4) is 0 Å². The van der Waals surface area contributed by atoms with Crippen molar-refractivity contribution in [2.24, 2.45) is 17.8 Å². The molecule has 3 heteroatoms. The van der Waals surface area contributed by atoms with Crippen LogP contribution in [0.5, 0.6) is 0 Å². The van der Waals surface area contributed by atoms with Crippen molar-refractivity contribution in [3.05, 3.63) is 0 Å². The second-order valence-electron chi connectivity index (χ2n) is 7.03. The molecule has 114 valence electrons. The fraction of sp³-hybridized carbons (Fsp3) is 1.00. The first-order valence-corrected chi connectivity index (χ1v) is 7.86. The Balaban J connectivity index is 2.85. The Morgan fingerprint density at radius 2 is 1.74 bits per heavy atom. The number of nitrogens with one attached hydrogen (secondary N) is 1. The molecule has 3 nitrogen and oxygen atoms in total. The minimum absolute atomic E-state index is 0.528. The standard InChI is InChI=1S/C16H34N2O/c1-11(2)14-9-18(15(8-17-14)12(3)4)16(10-19-7)13(5)6/h11-17H,8-10H2,1-7H3. The molecular weight excluding hydrogens is 236 g/mol. The van der Waals surface area contributed by atoms with Gasteiger partial charge < -0.3 is 10.1 Å². The smallest absolute Gasteiger partial charge is 0.0620 e. The number of methoxy groups -OCH3 is 1. The summed E-state index contributed by atoms with van der Waals surface area (Å²) in [6.07, 6.45) is 0. The molecule has 0 spiro atoms. The molecule has 1 aliphatic heterocycles. The van der Waals surface area contributed by atoms with E-state index in [0.717, 1.165) is 19.7 Å². The summed E-state index contributed by atoms with van der Waals surface area (Å²) in [5.41, 5.74) is 0. The maximum absolute atomic E-state index is 5.48. The Bertz CT molecular complexity index is 253. The van der Waals surface area contributed by atoms with Crippen LogP contribution in [0.2, 0.25) is 0 Å². The van der Waals surface area contributed by atoms with E-state index in [1.165, 1.54) is 0 Å². The lowest BCUT2D eigenvalue weighted by molar-refractivity contribution is -0.00795. The lowest BCUT2D eigenvalue weighted by Crippen LogP contribution is -2.63. The van der Waals surface area contributed by atoms with E-state index in [1.54, 1.807) is 0 Å². The highest BCUT2D eigenvalue weighted by atomic mass is 16.5. The minimum Gasteiger partial charge on any atom is -0.383 e. The van der Waals surface area contributed by atoms with E-state index in [9.17, 15) is 0 Å². The number of ether oxygens (including phenoxy) is 1. The SMILES string of the molecule is COCC(C(C)C)N1CC(C(C)C)NCC1C(C)C. The summed E-state index contributed by atoms with van der Waals surface area (Å²) in [4.78, 5) is 2.71. The fourth-order valence-corrected chi connectivity index (χ4v) is 3.10. The monoisotopic (exact) mass is 270 g/mol. The van der Waals surface area contributed by atoms with Gasteiger partial charge in [0.2, 0.25) is 0 Å². The van der Waals surface area contributed by atoms with Crippen molar-refractivity contribution in [3.63, 3.8) is 0 Å². The van der Waals surface area contributed by atoms with E-state index in [0.29, 0.717) is 35.9 Å². The number of rotatable bonds is 6. The predicted molar refractivity (Wildman–Crippen MR) is 82.5 cm³/mol. The first-order chi connectivity index (χ1) is 8.88. The van der Waals surface area contributed by atoms with Crippen LogP contribution in [0.25, 0.3) is 0 Å². The molecule has 0 aliphatic carbocycles. The molecule has 0 aromatic carbocycles. The van der Waals surface area contributed by atoms with E-state index in [2.05, 4.69) is 51.8 Å². The Morgan fingerprint density at radius 1 is 1.11 bits per heavy atom. The first-order valence-electron chi connectivity index (χ1n) is 7.86. The second-order valence-corrected chi connectivity index (χ2v) is 7.03. The molecule has 1 N–H and O–H groups in total. The van der Waals surface area contributed by atoms with Crippen molar-refractivity contribution in [1.82, 2.24) is 10.2 Å². The van der Waals surface area contributed by atoms with Crippen LogP contribution in [-0.4, -0.2) is 49.8 Å². The summed E-state index contributed by atoms with van der Waals surface area (Å²) >= 11 is 0. The zero-order valence-electron chi connectivity index (χ0n) is 13.9. The molecule has 19 heavy (non-hydrogen) atoms. The van der Waals surface area contributed by atoms with Crippen LogP contribution in [-0.2, 0) is 4.74 Å². The van der Waals surface area contributed by atoms with Gasteiger partial charge in [0.05, 0.1) is 6.61 Å². The van der Waals surface area contributed by atoms with Gasteiger partial charge >= 0.3 is 0 Å². The van der Waals surface area contributed by atoms with Crippen LogP contribution in [0.1, 0.15) is 41.5 Å². The molecule has 0 aromatic rings. The van der Waals surface area contributed by atoms with Gasteiger partial charge in [0, 0.05) is 38.3 Å².